The Kier molecular flexibility index (Phi) is 8.91. The molecule has 1 rings (SSSR count). The van der Waals surface area contributed by atoms with E-state index >= 15 is 0 Å². The lowest BCUT2D eigenvalue weighted by Crippen LogP contribution is -2.33. The third-order valence-corrected chi connectivity index (χ3v) is 4.95. The molecule has 0 aromatic rings. The molecular formula is C19H35NO. The molecule has 4 atom stereocenters. The van der Waals surface area contributed by atoms with E-state index in [4.69, 9.17) is 10.1 Å². The van der Waals surface area contributed by atoms with Crippen LogP contribution in [0.3, 0.4) is 0 Å². The van der Waals surface area contributed by atoms with Crippen molar-refractivity contribution in [3.8, 4) is 0 Å². The van der Waals surface area contributed by atoms with Crippen LogP contribution in [-0.2, 0) is 4.74 Å². The fraction of sp³-hybridized carbons (Fsp3) is 0.842. The van der Waals surface area contributed by atoms with E-state index in [1.54, 1.807) is 0 Å². The van der Waals surface area contributed by atoms with Gasteiger partial charge in [-0.1, -0.05) is 59.5 Å². The molecule has 0 heterocycles. The van der Waals surface area contributed by atoms with Crippen LogP contribution in [-0.4, -0.2) is 17.9 Å². The van der Waals surface area contributed by atoms with Gasteiger partial charge in [-0.05, 0) is 43.6 Å². The highest BCUT2D eigenvalue weighted by Crippen LogP contribution is 2.29. The molecule has 2 nitrogen and oxygen atoms in total. The first kappa shape index (κ1) is 18.4. The number of nitrogens with one attached hydrogen (secondary N) is 1. The van der Waals surface area contributed by atoms with E-state index in [0.29, 0.717) is 17.7 Å². The van der Waals surface area contributed by atoms with Crippen molar-refractivity contribution in [1.29, 1.82) is 5.41 Å². The fourth-order valence-corrected chi connectivity index (χ4v) is 3.16. The lowest BCUT2D eigenvalue weighted by molar-refractivity contribution is -0.0102. The zero-order valence-corrected chi connectivity index (χ0v) is 14.5. The van der Waals surface area contributed by atoms with Gasteiger partial charge >= 0.3 is 0 Å². The minimum atomic E-state index is -0.0269. The van der Waals surface area contributed by atoms with Gasteiger partial charge in [-0.15, -0.1) is 0 Å². The summed E-state index contributed by atoms with van der Waals surface area (Å²) in [4.78, 5) is 0. The SMILES string of the molecule is CC/C=C\C(=N)C(OC1CCCC(CC)CC1)C(C)CC. The molecule has 1 aliphatic carbocycles. The highest BCUT2D eigenvalue weighted by molar-refractivity contribution is 5.96. The van der Waals surface area contributed by atoms with Gasteiger partial charge in [-0.3, -0.25) is 0 Å². The van der Waals surface area contributed by atoms with Gasteiger partial charge in [-0.25, -0.2) is 0 Å². The largest absolute Gasteiger partial charge is 0.368 e. The van der Waals surface area contributed by atoms with Crippen LogP contribution in [0.1, 0.15) is 79.1 Å². The summed E-state index contributed by atoms with van der Waals surface area (Å²) in [6.07, 6.45) is 14.0. The molecule has 2 heteroatoms. The standard InChI is InChI=1S/C19H35NO/c1-5-8-12-18(20)19(15(4)6-2)21-17-11-9-10-16(7-3)13-14-17/h8,12,15-17,19-20H,5-7,9-11,13-14H2,1-4H3/b12-8-,20-18?. The predicted molar refractivity (Wildman–Crippen MR) is 92.1 cm³/mol. The van der Waals surface area contributed by atoms with Crippen LogP contribution in [0.25, 0.3) is 0 Å². The normalized spacial score (nSPS) is 26.5. The summed E-state index contributed by atoms with van der Waals surface area (Å²) in [6, 6.07) is 0. The van der Waals surface area contributed by atoms with Crippen LogP contribution in [0.15, 0.2) is 12.2 Å². The van der Waals surface area contributed by atoms with Crippen LogP contribution < -0.4 is 0 Å². The van der Waals surface area contributed by atoms with Gasteiger partial charge in [0.1, 0.15) is 6.10 Å². The average Bonchev–Trinajstić information content (AvgIpc) is 2.74. The Hall–Kier alpha value is -0.630. The van der Waals surface area contributed by atoms with Gasteiger partial charge in [0, 0.05) is 0 Å². The molecule has 122 valence electrons. The number of allylic oxidation sites excluding steroid dienone is 1. The van der Waals surface area contributed by atoms with Crippen molar-refractivity contribution >= 4 is 5.71 Å². The van der Waals surface area contributed by atoms with Crippen LogP contribution >= 0.6 is 0 Å². The zero-order valence-electron chi connectivity index (χ0n) is 14.5. The van der Waals surface area contributed by atoms with Crippen molar-refractivity contribution in [2.45, 2.75) is 91.3 Å². The van der Waals surface area contributed by atoms with E-state index in [-0.39, 0.29) is 6.10 Å². The summed E-state index contributed by atoms with van der Waals surface area (Å²) in [5, 5.41) is 8.32. The second kappa shape index (κ2) is 10.2. The van der Waals surface area contributed by atoms with Crippen molar-refractivity contribution in [3.05, 3.63) is 12.2 Å². The van der Waals surface area contributed by atoms with Gasteiger partial charge < -0.3 is 10.1 Å². The Balaban J connectivity index is 2.63. The third-order valence-electron chi connectivity index (χ3n) is 4.95. The second-order valence-corrected chi connectivity index (χ2v) is 6.61. The molecule has 0 aromatic carbocycles. The number of hydrogen-bond acceptors (Lipinski definition) is 2. The summed E-state index contributed by atoms with van der Waals surface area (Å²) in [5.41, 5.74) is 0.655. The van der Waals surface area contributed by atoms with Gasteiger partial charge in [0.2, 0.25) is 0 Å². The molecule has 21 heavy (non-hydrogen) atoms. The predicted octanol–water partition coefficient (Wildman–Crippen LogP) is 5.76. The molecule has 1 saturated carbocycles. The Labute approximate surface area is 131 Å². The van der Waals surface area contributed by atoms with Gasteiger partial charge in [0.25, 0.3) is 0 Å². The van der Waals surface area contributed by atoms with E-state index in [1.807, 2.05) is 6.08 Å². The number of rotatable bonds is 8. The molecule has 0 spiro atoms. The monoisotopic (exact) mass is 293 g/mol. The Morgan fingerprint density at radius 3 is 2.57 bits per heavy atom. The van der Waals surface area contributed by atoms with Crippen molar-refractivity contribution < 1.29 is 4.74 Å². The molecule has 0 amide bonds. The van der Waals surface area contributed by atoms with Crippen molar-refractivity contribution in [1.82, 2.24) is 0 Å². The number of ether oxygens (including phenoxy) is 1. The maximum absolute atomic E-state index is 8.32. The lowest BCUT2D eigenvalue weighted by Gasteiger charge is -2.28. The van der Waals surface area contributed by atoms with Gasteiger partial charge in [0.05, 0.1) is 11.8 Å². The summed E-state index contributed by atoms with van der Waals surface area (Å²) in [7, 11) is 0. The van der Waals surface area contributed by atoms with Crippen LogP contribution in [0, 0.1) is 17.2 Å². The molecule has 1 aliphatic rings. The lowest BCUT2D eigenvalue weighted by atomic mass is 9.96. The fourth-order valence-electron chi connectivity index (χ4n) is 3.16. The smallest absolute Gasteiger partial charge is 0.102 e. The molecule has 0 saturated heterocycles. The first-order chi connectivity index (χ1) is 10.1. The first-order valence-electron chi connectivity index (χ1n) is 9.02. The first-order valence-corrected chi connectivity index (χ1v) is 9.02. The van der Waals surface area contributed by atoms with E-state index in [1.165, 1.54) is 38.5 Å². The molecule has 0 aliphatic heterocycles. The van der Waals surface area contributed by atoms with Crippen LogP contribution in [0.4, 0.5) is 0 Å². The van der Waals surface area contributed by atoms with Crippen LogP contribution in [0.5, 0.6) is 0 Å². The average molecular weight is 293 g/mol. The van der Waals surface area contributed by atoms with E-state index in [0.717, 1.165) is 18.8 Å². The Morgan fingerprint density at radius 2 is 1.95 bits per heavy atom. The summed E-state index contributed by atoms with van der Waals surface area (Å²) in [6.45, 7) is 8.82. The van der Waals surface area contributed by atoms with Crippen molar-refractivity contribution in [2.75, 3.05) is 0 Å². The molecule has 4 unspecified atom stereocenters. The van der Waals surface area contributed by atoms with Crippen LogP contribution in [0.2, 0.25) is 0 Å². The molecule has 0 bridgehead atoms. The molecule has 0 aromatic heterocycles. The third kappa shape index (κ3) is 6.34. The molecule has 0 radical (unpaired) electrons. The van der Waals surface area contributed by atoms with Gasteiger partial charge in [-0.2, -0.15) is 0 Å². The summed E-state index contributed by atoms with van der Waals surface area (Å²) < 4.78 is 6.40. The topological polar surface area (TPSA) is 33.1 Å². The zero-order chi connectivity index (χ0) is 15.7. The van der Waals surface area contributed by atoms with E-state index in [9.17, 15) is 0 Å². The number of hydrogen-bond donors (Lipinski definition) is 1. The van der Waals surface area contributed by atoms with Gasteiger partial charge in [0.15, 0.2) is 0 Å². The maximum atomic E-state index is 8.32. The Morgan fingerprint density at radius 1 is 1.19 bits per heavy atom. The summed E-state index contributed by atoms with van der Waals surface area (Å²) >= 11 is 0. The molecule has 1 N–H and O–H groups in total. The quantitative estimate of drug-likeness (QED) is 0.448. The summed E-state index contributed by atoms with van der Waals surface area (Å²) in [5.74, 6) is 1.31. The minimum absolute atomic E-state index is 0.0269. The second-order valence-electron chi connectivity index (χ2n) is 6.61. The molecular weight excluding hydrogens is 258 g/mol. The van der Waals surface area contributed by atoms with Crippen molar-refractivity contribution in [2.24, 2.45) is 11.8 Å². The highest BCUT2D eigenvalue weighted by atomic mass is 16.5. The maximum Gasteiger partial charge on any atom is 0.102 e. The molecule has 1 fully saturated rings. The van der Waals surface area contributed by atoms with Crippen molar-refractivity contribution in [3.63, 3.8) is 0 Å². The highest BCUT2D eigenvalue weighted by Gasteiger charge is 2.26. The van der Waals surface area contributed by atoms with E-state index < -0.39 is 0 Å². The van der Waals surface area contributed by atoms with E-state index in [2.05, 4.69) is 33.8 Å². The minimum Gasteiger partial charge on any atom is -0.368 e. The Bertz CT molecular complexity index is 324.